The lowest BCUT2D eigenvalue weighted by Gasteiger charge is -2.33. The Bertz CT molecular complexity index is 980. The first-order chi connectivity index (χ1) is 13.6. The van der Waals surface area contributed by atoms with Crippen LogP contribution in [0.3, 0.4) is 0 Å². The van der Waals surface area contributed by atoms with E-state index in [1.54, 1.807) is 19.2 Å². The van der Waals surface area contributed by atoms with Crippen LogP contribution in [0.4, 0.5) is 5.69 Å². The maximum atomic E-state index is 9.77. The van der Waals surface area contributed by atoms with Gasteiger partial charge in [-0.3, -0.25) is 0 Å². The van der Waals surface area contributed by atoms with Gasteiger partial charge >= 0.3 is 0 Å². The molecule has 0 unspecified atom stereocenters. The molecule has 0 bridgehead atoms. The molecule has 0 amide bonds. The summed E-state index contributed by atoms with van der Waals surface area (Å²) in [5, 5.41) is 10.3. The van der Waals surface area contributed by atoms with E-state index in [4.69, 9.17) is 27.1 Å². The van der Waals surface area contributed by atoms with E-state index >= 15 is 0 Å². The Morgan fingerprint density at radius 2 is 2.07 bits per heavy atom. The SMILES string of the molecule is COc1cc(CO)c(-c2cn3ccc(N4CCC(CN)CC4)cc3n2)cc1Cl. The van der Waals surface area contributed by atoms with Crippen molar-refractivity contribution >= 4 is 22.9 Å². The van der Waals surface area contributed by atoms with Crippen molar-refractivity contribution in [1.29, 1.82) is 0 Å². The van der Waals surface area contributed by atoms with Crippen molar-refractivity contribution in [3.05, 3.63) is 47.2 Å². The highest BCUT2D eigenvalue weighted by Crippen LogP contribution is 2.34. The molecule has 1 fully saturated rings. The van der Waals surface area contributed by atoms with E-state index in [2.05, 4.69) is 17.0 Å². The van der Waals surface area contributed by atoms with Crippen molar-refractivity contribution in [3.8, 4) is 17.0 Å². The lowest BCUT2D eigenvalue weighted by Crippen LogP contribution is -2.36. The number of imidazole rings is 1. The van der Waals surface area contributed by atoms with E-state index in [0.29, 0.717) is 16.7 Å². The number of anilines is 1. The fourth-order valence-corrected chi connectivity index (χ4v) is 4.09. The van der Waals surface area contributed by atoms with E-state index in [1.165, 1.54) is 5.69 Å². The van der Waals surface area contributed by atoms with Crippen LogP contribution < -0.4 is 15.4 Å². The van der Waals surface area contributed by atoms with Crippen LogP contribution in [-0.2, 0) is 6.61 Å². The van der Waals surface area contributed by atoms with E-state index in [0.717, 1.165) is 54.9 Å². The second kappa shape index (κ2) is 7.99. The zero-order chi connectivity index (χ0) is 19.7. The average molecular weight is 401 g/mol. The normalized spacial score (nSPS) is 15.4. The zero-order valence-electron chi connectivity index (χ0n) is 15.9. The number of aromatic nitrogens is 2. The van der Waals surface area contributed by atoms with Gasteiger partial charge in [0.2, 0.25) is 0 Å². The Morgan fingerprint density at radius 1 is 1.29 bits per heavy atom. The monoisotopic (exact) mass is 400 g/mol. The second-order valence-electron chi connectivity index (χ2n) is 7.24. The number of benzene rings is 1. The average Bonchev–Trinajstić information content (AvgIpc) is 3.16. The zero-order valence-corrected chi connectivity index (χ0v) is 16.7. The molecule has 3 N–H and O–H groups in total. The number of hydrogen-bond acceptors (Lipinski definition) is 5. The van der Waals surface area contributed by atoms with Gasteiger partial charge in [0.25, 0.3) is 0 Å². The topological polar surface area (TPSA) is 76.0 Å². The summed E-state index contributed by atoms with van der Waals surface area (Å²) in [7, 11) is 1.56. The molecule has 1 aliphatic heterocycles. The van der Waals surface area contributed by atoms with E-state index in [9.17, 15) is 5.11 Å². The fraction of sp³-hybridized carbons (Fsp3) is 0.381. The number of halogens is 1. The number of fused-ring (bicyclic) bond motifs is 1. The number of ether oxygens (including phenoxy) is 1. The summed E-state index contributed by atoms with van der Waals surface area (Å²) < 4.78 is 7.24. The molecule has 0 saturated carbocycles. The van der Waals surface area contributed by atoms with Crippen molar-refractivity contribution in [2.24, 2.45) is 11.7 Å². The maximum absolute atomic E-state index is 9.77. The smallest absolute Gasteiger partial charge is 0.139 e. The Morgan fingerprint density at radius 3 is 2.75 bits per heavy atom. The number of aliphatic hydroxyl groups excluding tert-OH is 1. The highest BCUT2D eigenvalue weighted by atomic mass is 35.5. The number of piperidine rings is 1. The van der Waals surface area contributed by atoms with Crippen molar-refractivity contribution in [1.82, 2.24) is 9.38 Å². The molecule has 0 aliphatic carbocycles. The van der Waals surface area contributed by atoms with Crippen LogP contribution in [0.15, 0.2) is 36.7 Å². The summed E-state index contributed by atoms with van der Waals surface area (Å²) in [5.74, 6) is 1.18. The number of rotatable bonds is 5. The number of nitrogens with two attached hydrogens (primary N) is 1. The molecule has 0 radical (unpaired) electrons. The number of nitrogens with zero attached hydrogens (tertiary/aromatic N) is 3. The van der Waals surface area contributed by atoms with Gasteiger partial charge < -0.3 is 24.9 Å². The minimum absolute atomic E-state index is 0.113. The number of methoxy groups -OCH3 is 1. The Balaban J connectivity index is 1.67. The van der Waals surface area contributed by atoms with Crippen LogP contribution in [0.1, 0.15) is 18.4 Å². The van der Waals surface area contributed by atoms with Gasteiger partial charge in [0.1, 0.15) is 11.4 Å². The van der Waals surface area contributed by atoms with E-state index < -0.39 is 0 Å². The molecule has 0 atom stereocenters. The first-order valence-electron chi connectivity index (χ1n) is 9.54. The molecule has 2 aromatic heterocycles. The maximum Gasteiger partial charge on any atom is 0.139 e. The third-order valence-electron chi connectivity index (χ3n) is 5.58. The Labute approximate surface area is 169 Å². The van der Waals surface area contributed by atoms with Crippen LogP contribution >= 0.6 is 11.6 Å². The van der Waals surface area contributed by atoms with Gasteiger partial charge in [-0.1, -0.05) is 11.6 Å². The van der Waals surface area contributed by atoms with Gasteiger partial charge in [-0.2, -0.15) is 0 Å². The first kappa shape index (κ1) is 19.1. The summed E-state index contributed by atoms with van der Waals surface area (Å²) in [6.45, 7) is 2.70. The largest absolute Gasteiger partial charge is 0.495 e. The number of hydrogen-bond donors (Lipinski definition) is 2. The third-order valence-corrected chi connectivity index (χ3v) is 5.88. The minimum atomic E-state index is -0.113. The van der Waals surface area contributed by atoms with Crippen LogP contribution in [0.2, 0.25) is 5.02 Å². The van der Waals surface area contributed by atoms with Gasteiger partial charge in [-0.05, 0) is 49.1 Å². The summed E-state index contributed by atoms with van der Waals surface area (Å²) >= 11 is 6.30. The second-order valence-corrected chi connectivity index (χ2v) is 7.65. The fourth-order valence-electron chi connectivity index (χ4n) is 3.85. The molecular formula is C21H25ClN4O2. The predicted octanol–water partition coefficient (Wildman–Crippen LogP) is 3.33. The van der Waals surface area contributed by atoms with E-state index in [1.807, 2.05) is 16.8 Å². The molecule has 1 aromatic carbocycles. The Hall–Kier alpha value is -2.28. The van der Waals surface area contributed by atoms with Crippen molar-refractivity contribution in [2.75, 3.05) is 31.6 Å². The van der Waals surface area contributed by atoms with E-state index in [-0.39, 0.29) is 6.61 Å². The predicted molar refractivity (Wildman–Crippen MR) is 112 cm³/mol. The molecule has 7 heteroatoms. The Kier molecular flexibility index (Phi) is 5.44. The summed E-state index contributed by atoms with van der Waals surface area (Å²) in [6, 6.07) is 7.78. The lowest BCUT2D eigenvalue weighted by molar-refractivity contribution is 0.281. The highest BCUT2D eigenvalue weighted by molar-refractivity contribution is 6.32. The van der Waals surface area contributed by atoms with Crippen molar-refractivity contribution < 1.29 is 9.84 Å². The molecule has 148 valence electrons. The molecule has 3 aromatic rings. The highest BCUT2D eigenvalue weighted by Gasteiger charge is 2.19. The summed E-state index contributed by atoms with van der Waals surface area (Å²) in [5.41, 5.74) is 10.2. The first-order valence-corrected chi connectivity index (χ1v) is 9.92. The third kappa shape index (κ3) is 3.55. The van der Waals surface area contributed by atoms with Crippen LogP contribution in [0, 0.1) is 5.92 Å². The molecule has 1 aliphatic rings. The number of pyridine rings is 1. The van der Waals surface area contributed by atoms with Crippen molar-refractivity contribution in [3.63, 3.8) is 0 Å². The number of aliphatic hydroxyl groups is 1. The quantitative estimate of drug-likeness (QED) is 0.687. The van der Waals surface area contributed by atoms with Crippen molar-refractivity contribution in [2.45, 2.75) is 19.4 Å². The molecule has 4 rings (SSSR count). The standard InChI is InChI=1S/C21H25ClN4O2/c1-28-20-8-15(13-27)17(10-18(20)22)19-12-26-7-4-16(9-21(26)24-19)25-5-2-14(11-23)3-6-25/h4,7-10,12,14,27H,2-3,5-6,11,13,23H2,1H3. The van der Waals surface area contributed by atoms with Gasteiger partial charge in [0.05, 0.1) is 24.4 Å². The molecule has 6 nitrogen and oxygen atoms in total. The summed E-state index contributed by atoms with van der Waals surface area (Å²) in [6.07, 6.45) is 6.24. The van der Waals surface area contributed by atoms with Gasteiger partial charge in [-0.15, -0.1) is 0 Å². The van der Waals surface area contributed by atoms with Gasteiger partial charge in [0, 0.05) is 42.8 Å². The lowest BCUT2D eigenvalue weighted by atomic mass is 9.97. The van der Waals surface area contributed by atoms with Crippen LogP contribution in [-0.4, -0.2) is 41.2 Å². The molecule has 3 heterocycles. The minimum Gasteiger partial charge on any atom is -0.495 e. The van der Waals surface area contributed by atoms with Crippen LogP contribution in [0.5, 0.6) is 5.75 Å². The van der Waals surface area contributed by atoms with Crippen LogP contribution in [0.25, 0.3) is 16.9 Å². The molecule has 28 heavy (non-hydrogen) atoms. The molecular weight excluding hydrogens is 376 g/mol. The summed E-state index contributed by atoms with van der Waals surface area (Å²) in [4.78, 5) is 7.17. The van der Waals surface area contributed by atoms with Gasteiger partial charge in [0.15, 0.2) is 0 Å². The van der Waals surface area contributed by atoms with Gasteiger partial charge in [-0.25, -0.2) is 4.98 Å². The molecule has 0 spiro atoms. The molecule has 1 saturated heterocycles.